The normalized spacial score (nSPS) is 18.1. The van der Waals surface area contributed by atoms with Gasteiger partial charge in [-0.3, -0.25) is 0 Å². The topological polar surface area (TPSA) is 120 Å². The summed E-state index contributed by atoms with van der Waals surface area (Å²) >= 11 is 8.91. The lowest BCUT2D eigenvalue weighted by molar-refractivity contribution is 0.122. The molecule has 0 radical (unpaired) electrons. The van der Waals surface area contributed by atoms with Crippen molar-refractivity contribution in [2.45, 2.75) is 48.5 Å². The van der Waals surface area contributed by atoms with Gasteiger partial charge < -0.3 is 10.8 Å². The van der Waals surface area contributed by atoms with Crippen LogP contribution < -0.4 is 5.73 Å². The molecule has 0 aliphatic heterocycles. The highest BCUT2D eigenvalue weighted by Gasteiger charge is 2.29. The first-order valence-electron chi connectivity index (χ1n) is 10.1. The van der Waals surface area contributed by atoms with Gasteiger partial charge in [-0.2, -0.15) is 10.5 Å². The number of rotatable bonds is 5. The van der Waals surface area contributed by atoms with E-state index in [-0.39, 0.29) is 23.4 Å². The second kappa shape index (κ2) is 9.89. The van der Waals surface area contributed by atoms with E-state index >= 15 is 0 Å². The number of nitrogens with zero attached hydrogens (tertiary/aromatic N) is 4. The maximum Gasteiger partial charge on any atom is 0.143 e. The Balaban J connectivity index is 1.60. The molecule has 3 N–H and O–H groups in total. The number of thiazole rings is 1. The lowest BCUT2D eigenvalue weighted by atomic mass is 9.79. The molecule has 0 spiro atoms. The van der Waals surface area contributed by atoms with Crippen LogP contribution in [0.25, 0.3) is 10.6 Å². The van der Waals surface area contributed by atoms with E-state index in [0.717, 1.165) is 16.3 Å². The zero-order valence-corrected chi connectivity index (χ0v) is 19.5. The number of halogens is 1. The van der Waals surface area contributed by atoms with Gasteiger partial charge in [0, 0.05) is 21.7 Å². The molecule has 162 valence electrons. The molecule has 9 heteroatoms. The van der Waals surface area contributed by atoms with Crippen molar-refractivity contribution in [1.29, 1.82) is 10.5 Å². The Morgan fingerprint density at radius 3 is 2.44 bits per heavy atom. The van der Waals surface area contributed by atoms with Crippen LogP contribution in [0.5, 0.6) is 0 Å². The minimum Gasteiger partial charge on any atom is -0.393 e. The Morgan fingerprint density at radius 2 is 1.78 bits per heavy atom. The third kappa shape index (κ3) is 4.74. The highest BCUT2D eigenvalue weighted by molar-refractivity contribution is 7.98. The van der Waals surface area contributed by atoms with Crippen molar-refractivity contribution in [3.8, 4) is 22.7 Å². The summed E-state index contributed by atoms with van der Waals surface area (Å²) in [5.74, 6) is 0.693. The van der Waals surface area contributed by atoms with Crippen LogP contribution in [0.15, 0.2) is 34.7 Å². The molecule has 1 aliphatic rings. The molecule has 0 bridgehead atoms. The largest absolute Gasteiger partial charge is 0.393 e. The Kier molecular flexibility index (Phi) is 6.98. The number of nitrogen functional groups attached to an aromatic ring is 1. The molecule has 1 saturated carbocycles. The average molecular weight is 482 g/mol. The maximum atomic E-state index is 9.94. The first-order valence-corrected chi connectivity index (χ1v) is 12.4. The van der Waals surface area contributed by atoms with Crippen LogP contribution in [0, 0.1) is 22.7 Å². The molecule has 0 unspecified atom stereocenters. The number of aliphatic hydroxyl groups excluding tert-OH is 1. The SMILES string of the molecule is N#Cc1c(N)nc(SCc2csc(-c3ccc(Cl)cc3)n2)c(C#N)c1C1CCC(O)CC1. The van der Waals surface area contributed by atoms with Crippen LogP contribution in [0.2, 0.25) is 5.02 Å². The molecule has 1 fully saturated rings. The van der Waals surface area contributed by atoms with E-state index in [9.17, 15) is 15.6 Å². The van der Waals surface area contributed by atoms with Gasteiger partial charge in [0.1, 0.15) is 28.0 Å². The summed E-state index contributed by atoms with van der Waals surface area (Å²) in [4.78, 5) is 9.07. The zero-order valence-electron chi connectivity index (χ0n) is 17.1. The zero-order chi connectivity index (χ0) is 22.7. The second-order valence-corrected chi connectivity index (χ2v) is 9.89. The number of aromatic nitrogens is 2. The number of hydrogen-bond acceptors (Lipinski definition) is 8. The fraction of sp³-hybridized carbons (Fsp3) is 0.304. The Labute approximate surface area is 199 Å². The second-order valence-electron chi connectivity index (χ2n) is 7.63. The number of thioether (sulfide) groups is 1. The van der Waals surface area contributed by atoms with Crippen molar-refractivity contribution in [2.75, 3.05) is 5.73 Å². The van der Waals surface area contributed by atoms with Gasteiger partial charge in [-0.1, -0.05) is 35.5 Å². The fourth-order valence-electron chi connectivity index (χ4n) is 3.94. The van der Waals surface area contributed by atoms with Crippen molar-refractivity contribution in [3.63, 3.8) is 0 Å². The number of nitrogens with two attached hydrogens (primary N) is 1. The van der Waals surface area contributed by atoms with Crippen LogP contribution in [0.1, 0.15) is 54.0 Å². The number of pyridine rings is 1. The van der Waals surface area contributed by atoms with Gasteiger partial charge in [0.15, 0.2) is 0 Å². The molecule has 4 rings (SSSR count). The number of aliphatic hydroxyl groups is 1. The molecular formula is C23H20ClN5OS2. The monoisotopic (exact) mass is 481 g/mol. The predicted molar refractivity (Wildman–Crippen MR) is 127 cm³/mol. The van der Waals surface area contributed by atoms with E-state index < -0.39 is 0 Å². The minimum absolute atomic E-state index is 0.0168. The molecule has 2 aromatic heterocycles. The summed E-state index contributed by atoms with van der Waals surface area (Å²) in [6.07, 6.45) is 2.41. The molecule has 0 atom stereocenters. The van der Waals surface area contributed by atoms with Crippen LogP contribution in [0.4, 0.5) is 5.82 Å². The minimum atomic E-state index is -0.324. The van der Waals surface area contributed by atoms with Crippen LogP contribution in [-0.2, 0) is 5.75 Å². The number of nitriles is 2. The smallest absolute Gasteiger partial charge is 0.143 e. The summed E-state index contributed by atoms with van der Waals surface area (Å²) < 4.78 is 0. The lowest BCUT2D eigenvalue weighted by Crippen LogP contribution is -2.19. The summed E-state index contributed by atoms with van der Waals surface area (Å²) in [6, 6.07) is 11.9. The van der Waals surface area contributed by atoms with Crippen molar-refractivity contribution < 1.29 is 5.11 Å². The highest BCUT2D eigenvalue weighted by atomic mass is 35.5. The molecule has 6 nitrogen and oxygen atoms in total. The van der Waals surface area contributed by atoms with Crippen molar-refractivity contribution in [3.05, 3.63) is 57.1 Å². The van der Waals surface area contributed by atoms with Crippen LogP contribution in [0.3, 0.4) is 0 Å². The number of hydrogen-bond donors (Lipinski definition) is 2. The molecule has 1 aromatic carbocycles. The number of anilines is 1. The highest BCUT2D eigenvalue weighted by Crippen LogP contribution is 2.41. The molecule has 0 amide bonds. The first-order chi connectivity index (χ1) is 15.5. The van der Waals surface area contributed by atoms with E-state index in [1.807, 2.05) is 29.6 Å². The summed E-state index contributed by atoms with van der Waals surface area (Å²) in [7, 11) is 0. The summed E-state index contributed by atoms with van der Waals surface area (Å²) in [6.45, 7) is 0. The quantitative estimate of drug-likeness (QED) is 0.462. The first kappa shape index (κ1) is 22.6. The van der Waals surface area contributed by atoms with Gasteiger partial charge in [0.05, 0.1) is 22.9 Å². The van der Waals surface area contributed by atoms with E-state index in [2.05, 4.69) is 17.1 Å². The van der Waals surface area contributed by atoms with Gasteiger partial charge >= 0.3 is 0 Å². The van der Waals surface area contributed by atoms with Gasteiger partial charge in [-0.15, -0.1) is 11.3 Å². The average Bonchev–Trinajstić information content (AvgIpc) is 3.27. The molecule has 1 aliphatic carbocycles. The third-order valence-corrected chi connectivity index (χ3v) is 7.76. The molecule has 2 heterocycles. The predicted octanol–water partition coefficient (Wildman–Crippen LogP) is 5.49. The third-order valence-electron chi connectivity index (χ3n) is 5.56. The summed E-state index contributed by atoms with van der Waals surface area (Å²) in [5, 5.41) is 33.6. The van der Waals surface area contributed by atoms with Gasteiger partial charge in [0.2, 0.25) is 0 Å². The maximum absolute atomic E-state index is 9.94. The standard InChI is InChI=1S/C23H20ClN5OS2/c24-15-5-1-14(2-6-15)22-28-16(11-31-22)12-32-23-19(10-26)20(18(9-25)21(27)29-23)13-3-7-17(30)8-4-13/h1-2,5-6,11,13,17,30H,3-4,7-8,12H2,(H2,27,29). The molecular weight excluding hydrogens is 462 g/mol. The Hall–Kier alpha value is -2.62. The Bertz CT molecular complexity index is 1200. The molecule has 0 saturated heterocycles. The number of benzene rings is 1. The van der Waals surface area contributed by atoms with E-state index in [4.69, 9.17) is 22.3 Å². The van der Waals surface area contributed by atoms with E-state index in [1.54, 1.807) is 11.3 Å². The van der Waals surface area contributed by atoms with Gasteiger partial charge in [-0.25, -0.2) is 9.97 Å². The van der Waals surface area contributed by atoms with Crippen LogP contribution in [-0.4, -0.2) is 21.2 Å². The van der Waals surface area contributed by atoms with Crippen LogP contribution >= 0.6 is 34.7 Å². The van der Waals surface area contributed by atoms with Gasteiger partial charge in [-0.05, 0) is 49.3 Å². The lowest BCUT2D eigenvalue weighted by Gasteiger charge is -2.27. The fourth-order valence-corrected chi connectivity index (χ4v) is 5.90. The van der Waals surface area contributed by atoms with Crippen molar-refractivity contribution >= 4 is 40.5 Å². The Morgan fingerprint density at radius 1 is 1.09 bits per heavy atom. The molecule has 32 heavy (non-hydrogen) atoms. The summed E-state index contributed by atoms with van der Waals surface area (Å²) in [5.41, 5.74) is 9.37. The van der Waals surface area contributed by atoms with Gasteiger partial charge in [0.25, 0.3) is 0 Å². The molecule has 3 aromatic rings. The van der Waals surface area contributed by atoms with E-state index in [1.165, 1.54) is 11.8 Å². The van der Waals surface area contributed by atoms with E-state index in [0.29, 0.717) is 52.6 Å². The van der Waals surface area contributed by atoms with Crippen molar-refractivity contribution in [1.82, 2.24) is 9.97 Å². The van der Waals surface area contributed by atoms with Crippen molar-refractivity contribution in [2.24, 2.45) is 0 Å².